The summed E-state index contributed by atoms with van der Waals surface area (Å²) >= 11 is 12.8. The number of benzene rings is 2. The Kier molecular flexibility index (Phi) is 4.99. The summed E-state index contributed by atoms with van der Waals surface area (Å²) in [6.07, 6.45) is 3.36. The van der Waals surface area contributed by atoms with E-state index in [1.165, 1.54) is 0 Å². The molecule has 0 aliphatic heterocycles. The first-order valence-corrected chi connectivity index (χ1v) is 9.74. The van der Waals surface area contributed by atoms with E-state index in [9.17, 15) is 4.79 Å². The van der Waals surface area contributed by atoms with Gasteiger partial charge in [-0.15, -0.1) is 0 Å². The average molecular weight is 508 g/mol. The molecule has 0 saturated heterocycles. The number of carbonyl (C=O) groups is 1. The molecule has 0 bridgehead atoms. The monoisotopic (exact) mass is 505 g/mol. The quantitative estimate of drug-likeness (QED) is 0.352. The van der Waals surface area contributed by atoms with Crippen molar-refractivity contribution in [2.24, 2.45) is 0 Å². The van der Waals surface area contributed by atoms with Crippen LogP contribution in [0.2, 0.25) is 5.02 Å². The van der Waals surface area contributed by atoms with E-state index in [-0.39, 0.29) is 5.91 Å². The summed E-state index contributed by atoms with van der Waals surface area (Å²) < 4.78 is 7.39. The third-order valence-corrected chi connectivity index (χ3v) is 5.03. The smallest absolute Gasteiger partial charge is 0.257 e. The Bertz CT molecular complexity index is 1180. The maximum absolute atomic E-state index is 12.5. The van der Waals surface area contributed by atoms with Crippen molar-refractivity contribution < 1.29 is 9.21 Å². The van der Waals surface area contributed by atoms with Gasteiger partial charge in [0.15, 0.2) is 5.58 Å². The molecule has 2 heterocycles. The van der Waals surface area contributed by atoms with Gasteiger partial charge < -0.3 is 9.73 Å². The van der Waals surface area contributed by atoms with E-state index < -0.39 is 0 Å². The summed E-state index contributed by atoms with van der Waals surface area (Å²) in [7, 11) is 0. The van der Waals surface area contributed by atoms with Crippen LogP contribution in [0.5, 0.6) is 0 Å². The molecular formula is C19H10Br2ClN3O2. The maximum atomic E-state index is 12.5. The van der Waals surface area contributed by atoms with Gasteiger partial charge in [-0.3, -0.25) is 9.78 Å². The van der Waals surface area contributed by atoms with Crippen LogP contribution in [0.3, 0.4) is 0 Å². The van der Waals surface area contributed by atoms with Crippen LogP contribution < -0.4 is 5.32 Å². The number of hydrogen-bond donors (Lipinski definition) is 1. The molecule has 0 unspecified atom stereocenters. The third kappa shape index (κ3) is 3.90. The number of amides is 1. The fourth-order valence-electron chi connectivity index (χ4n) is 2.53. The highest BCUT2D eigenvalue weighted by Gasteiger charge is 2.13. The van der Waals surface area contributed by atoms with Crippen molar-refractivity contribution in [1.29, 1.82) is 0 Å². The number of halogens is 3. The molecule has 2 aromatic heterocycles. The first-order chi connectivity index (χ1) is 13.0. The lowest BCUT2D eigenvalue weighted by Gasteiger charge is -2.07. The lowest BCUT2D eigenvalue weighted by molar-refractivity contribution is 0.102. The number of oxazole rings is 1. The van der Waals surface area contributed by atoms with Gasteiger partial charge in [0.2, 0.25) is 5.89 Å². The molecule has 0 spiro atoms. The van der Waals surface area contributed by atoms with Gasteiger partial charge in [0.1, 0.15) is 5.52 Å². The molecule has 5 nitrogen and oxygen atoms in total. The fourth-order valence-corrected chi connectivity index (χ4v) is 3.46. The van der Waals surface area contributed by atoms with E-state index in [4.69, 9.17) is 16.0 Å². The van der Waals surface area contributed by atoms with Gasteiger partial charge in [-0.2, -0.15) is 0 Å². The second-order valence-corrected chi connectivity index (χ2v) is 7.91. The van der Waals surface area contributed by atoms with Gasteiger partial charge in [-0.1, -0.05) is 27.5 Å². The van der Waals surface area contributed by atoms with E-state index >= 15 is 0 Å². The molecule has 0 saturated carbocycles. The number of aromatic nitrogens is 2. The van der Waals surface area contributed by atoms with Crippen molar-refractivity contribution in [2.45, 2.75) is 0 Å². The van der Waals surface area contributed by atoms with Gasteiger partial charge in [0, 0.05) is 27.0 Å². The van der Waals surface area contributed by atoms with Gasteiger partial charge in [0.05, 0.1) is 16.1 Å². The van der Waals surface area contributed by atoms with Crippen LogP contribution in [0.25, 0.3) is 22.6 Å². The van der Waals surface area contributed by atoms with Crippen molar-refractivity contribution in [1.82, 2.24) is 9.97 Å². The highest BCUT2D eigenvalue weighted by Crippen LogP contribution is 2.28. The van der Waals surface area contributed by atoms with Gasteiger partial charge in [0.25, 0.3) is 5.91 Å². The number of hydrogen-bond acceptors (Lipinski definition) is 4. The Morgan fingerprint density at radius 1 is 1.04 bits per heavy atom. The highest BCUT2D eigenvalue weighted by molar-refractivity contribution is 9.10. The summed E-state index contributed by atoms with van der Waals surface area (Å²) in [5.74, 6) is 0.151. The molecule has 0 fully saturated rings. The minimum absolute atomic E-state index is 0.305. The van der Waals surface area contributed by atoms with Gasteiger partial charge in [-0.05, 0) is 58.4 Å². The van der Waals surface area contributed by atoms with Crippen molar-refractivity contribution in [3.63, 3.8) is 0 Å². The Morgan fingerprint density at radius 3 is 2.70 bits per heavy atom. The Labute approximate surface area is 176 Å². The number of nitrogens with one attached hydrogen (secondary N) is 1. The molecular weight excluding hydrogens is 497 g/mol. The number of anilines is 1. The van der Waals surface area contributed by atoms with Crippen molar-refractivity contribution in [2.75, 3.05) is 5.32 Å². The summed E-state index contributed by atoms with van der Waals surface area (Å²) in [5.41, 5.74) is 2.97. The predicted octanol–water partition coefficient (Wildman–Crippen LogP) is 6.32. The first-order valence-electron chi connectivity index (χ1n) is 7.77. The van der Waals surface area contributed by atoms with E-state index in [1.54, 1.807) is 48.8 Å². The van der Waals surface area contributed by atoms with Crippen LogP contribution in [-0.4, -0.2) is 15.9 Å². The largest absolute Gasteiger partial charge is 0.436 e. The zero-order chi connectivity index (χ0) is 19.0. The third-order valence-electron chi connectivity index (χ3n) is 3.77. The summed E-state index contributed by atoms with van der Waals surface area (Å²) in [6, 6.07) is 12.2. The molecule has 27 heavy (non-hydrogen) atoms. The molecule has 0 aliphatic rings. The Balaban J connectivity index is 1.64. The molecule has 4 rings (SSSR count). The number of rotatable bonds is 3. The molecule has 1 N–H and O–H groups in total. The van der Waals surface area contributed by atoms with E-state index in [1.807, 2.05) is 6.07 Å². The number of fused-ring (bicyclic) bond motifs is 1. The normalized spacial score (nSPS) is 10.9. The molecule has 0 aliphatic carbocycles. The SMILES string of the molecule is O=C(Nc1ccc2oc(-c3cncc(Br)c3)nc2c1)c1cc(Br)ccc1Cl. The average Bonchev–Trinajstić information content (AvgIpc) is 3.07. The van der Waals surface area contributed by atoms with Crippen LogP contribution in [-0.2, 0) is 0 Å². The van der Waals surface area contributed by atoms with E-state index in [2.05, 4.69) is 47.1 Å². The molecule has 4 aromatic rings. The minimum atomic E-state index is -0.305. The van der Waals surface area contributed by atoms with Crippen molar-refractivity contribution in [3.05, 3.63) is 74.4 Å². The molecule has 8 heteroatoms. The fraction of sp³-hybridized carbons (Fsp3) is 0. The molecule has 0 radical (unpaired) electrons. The lowest BCUT2D eigenvalue weighted by Crippen LogP contribution is -2.12. The van der Waals surface area contributed by atoms with E-state index in [0.717, 1.165) is 14.5 Å². The van der Waals surface area contributed by atoms with Crippen LogP contribution in [0.1, 0.15) is 10.4 Å². The first kappa shape index (κ1) is 18.2. The second-order valence-electron chi connectivity index (χ2n) is 5.67. The van der Waals surface area contributed by atoms with Crippen LogP contribution in [0, 0.1) is 0 Å². The Morgan fingerprint density at radius 2 is 1.89 bits per heavy atom. The topological polar surface area (TPSA) is 68.0 Å². The van der Waals surface area contributed by atoms with Crippen LogP contribution in [0.15, 0.2) is 68.2 Å². The minimum Gasteiger partial charge on any atom is -0.436 e. The predicted molar refractivity (Wildman–Crippen MR) is 112 cm³/mol. The second kappa shape index (κ2) is 7.42. The highest BCUT2D eigenvalue weighted by atomic mass is 79.9. The zero-order valence-electron chi connectivity index (χ0n) is 13.5. The standard InChI is InChI=1S/C19H10Br2ClN3O2/c20-11-1-3-15(22)14(6-11)18(26)24-13-2-4-17-16(7-13)25-19(27-17)10-5-12(21)9-23-8-10/h1-9H,(H,24,26). The Hall–Kier alpha value is -2.22. The number of pyridine rings is 1. The lowest BCUT2D eigenvalue weighted by atomic mass is 10.2. The van der Waals surface area contributed by atoms with E-state index in [0.29, 0.717) is 33.3 Å². The molecule has 2 aromatic carbocycles. The number of nitrogens with zero attached hydrogens (tertiary/aromatic N) is 2. The molecule has 1 amide bonds. The summed E-state index contributed by atoms with van der Waals surface area (Å²) in [6.45, 7) is 0. The maximum Gasteiger partial charge on any atom is 0.257 e. The molecule has 0 atom stereocenters. The van der Waals surface area contributed by atoms with Crippen molar-refractivity contribution in [3.8, 4) is 11.5 Å². The van der Waals surface area contributed by atoms with Crippen LogP contribution >= 0.6 is 43.5 Å². The summed E-state index contributed by atoms with van der Waals surface area (Å²) in [4.78, 5) is 21.1. The van der Waals surface area contributed by atoms with Gasteiger partial charge in [-0.25, -0.2) is 4.98 Å². The summed E-state index contributed by atoms with van der Waals surface area (Å²) in [5, 5.41) is 3.21. The van der Waals surface area contributed by atoms with Crippen molar-refractivity contribution >= 4 is 66.2 Å². The number of carbonyl (C=O) groups excluding carboxylic acids is 1. The van der Waals surface area contributed by atoms with Gasteiger partial charge >= 0.3 is 0 Å². The zero-order valence-corrected chi connectivity index (χ0v) is 17.5. The molecule has 134 valence electrons. The van der Waals surface area contributed by atoms with Crippen LogP contribution in [0.4, 0.5) is 5.69 Å².